The van der Waals surface area contributed by atoms with Gasteiger partial charge in [-0.2, -0.15) is 0 Å². The molecule has 3 unspecified atom stereocenters. The molecule has 2 aliphatic rings. The Labute approximate surface area is 108 Å². The zero-order valence-electron chi connectivity index (χ0n) is 10.6. The summed E-state index contributed by atoms with van der Waals surface area (Å²) in [6.07, 6.45) is 4.12. The standard InChI is InChI=1S/C15H20N2O/c16-14-7-3-6-13(14)15(18)17-9-11-8-10-4-1-2-5-12(10)11/h1-2,4-5,11,13-14H,3,6-9,16H2,(H,17,18). The molecule has 0 aliphatic heterocycles. The lowest BCUT2D eigenvalue weighted by atomic mass is 9.77. The van der Waals surface area contributed by atoms with E-state index in [9.17, 15) is 4.79 Å². The van der Waals surface area contributed by atoms with E-state index in [2.05, 4.69) is 29.6 Å². The molecule has 1 fully saturated rings. The predicted octanol–water partition coefficient (Wildman–Crippen LogP) is 1.57. The van der Waals surface area contributed by atoms with Crippen LogP contribution >= 0.6 is 0 Å². The molecule has 1 amide bonds. The number of fused-ring (bicyclic) bond motifs is 1. The highest BCUT2D eigenvalue weighted by Gasteiger charge is 2.31. The largest absolute Gasteiger partial charge is 0.355 e. The lowest BCUT2D eigenvalue weighted by Crippen LogP contribution is -2.41. The number of hydrogen-bond donors (Lipinski definition) is 2. The van der Waals surface area contributed by atoms with E-state index in [0.717, 1.165) is 32.2 Å². The third kappa shape index (κ3) is 2.03. The van der Waals surface area contributed by atoms with Crippen molar-refractivity contribution in [3.63, 3.8) is 0 Å². The van der Waals surface area contributed by atoms with Gasteiger partial charge in [0.25, 0.3) is 0 Å². The van der Waals surface area contributed by atoms with Gasteiger partial charge in [-0.05, 0) is 30.4 Å². The second-order valence-corrected chi connectivity index (χ2v) is 5.55. The molecular weight excluding hydrogens is 224 g/mol. The van der Waals surface area contributed by atoms with Crippen molar-refractivity contribution in [1.82, 2.24) is 5.32 Å². The Morgan fingerprint density at radius 3 is 2.89 bits per heavy atom. The van der Waals surface area contributed by atoms with E-state index in [0.29, 0.717) is 5.92 Å². The van der Waals surface area contributed by atoms with E-state index >= 15 is 0 Å². The zero-order chi connectivity index (χ0) is 12.5. The van der Waals surface area contributed by atoms with Crippen LogP contribution in [0.4, 0.5) is 0 Å². The second-order valence-electron chi connectivity index (χ2n) is 5.55. The van der Waals surface area contributed by atoms with Gasteiger partial charge in [-0.3, -0.25) is 4.79 Å². The van der Waals surface area contributed by atoms with E-state index in [1.54, 1.807) is 0 Å². The summed E-state index contributed by atoms with van der Waals surface area (Å²) in [4.78, 5) is 12.0. The van der Waals surface area contributed by atoms with Crippen LogP contribution in [-0.4, -0.2) is 18.5 Å². The highest BCUT2D eigenvalue weighted by atomic mass is 16.1. The summed E-state index contributed by atoms with van der Waals surface area (Å²) in [6, 6.07) is 8.54. The first kappa shape index (κ1) is 11.7. The molecule has 3 heteroatoms. The van der Waals surface area contributed by atoms with Crippen LogP contribution in [0.5, 0.6) is 0 Å². The molecule has 0 heterocycles. The van der Waals surface area contributed by atoms with Crippen molar-refractivity contribution in [2.45, 2.75) is 37.6 Å². The molecule has 2 aliphatic carbocycles. The van der Waals surface area contributed by atoms with E-state index in [1.807, 2.05) is 0 Å². The monoisotopic (exact) mass is 244 g/mol. The average molecular weight is 244 g/mol. The smallest absolute Gasteiger partial charge is 0.224 e. The molecule has 1 saturated carbocycles. The summed E-state index contributed by atoms with van der Waals surface area (Å²) in [5.74, 6) is 0.701. The summed E-state index contributed by atoms with van der Waals surface area (Å²) in [5, 5.41) is 3.08. The number of hydrogen-bond acceptors (Lipinski definition) is 2. The van der Waals surface area contributed by atoms with Gasteiger partial charge in [0.1, 0.15) is 0 Å². The van der Waals surface area contributed by atoms with E-state index in [-0.39, 0.29) is 17.9 Å². The number of nitrogens with one attached hydrogen (secondary N) is 1. The molecule has 0 radical (unpaired) electrons. The maximum Gasteiger partial charge on any atom is 0.224 e. The molecule has 96 valence electrons. The molecule has 3 N–H and O–H groups in total. The quantitative estimate of drug-likeness (QED) is 0.848. The summed E-state index contributed by atoms with van der Waals surface area (Å²) in [5.41, 5.74) is 8.77. The topological polar surface area (TPSA) is 55.1 Å². The van der Waals surface area contributed by atoms with E-state index < -0.39 is 0 Å². The van der Waals surface area contributed by atoms with Gasteiger partial charge in [0, 0.05) is 18.5 Å². The fraction of sp³-hybridized carbons (Fsp3) is 0.533. The number of carbonyl (C=O) groups excluding carboxylic acids is 1. The van der Waals surface area contributed by atoms with Gasteiger partial charge >= 0.3 is 0 Å². The number of carbonyl (C=O) groups is 1. The fourth-order valence-electron chi connectivity index (χ4n) is 3.21. The highest BCUT2D eigenvalue weighted by molar-refractivity contribution is 5.79. The first-order valence-electron chi connectivity index (χ1n) is 6.87. The Morgan fingerprint density at radius 1 is 1.33 bits per heavy atom. The Hall–Kier alpha value is -1.35. The van der Waals surface area contributed by atoms with Gasteiger partial charge in [-0.25, -0.2) is 0 Å². The molecule has 1 aromatic carbocycles. The van der Waals surface area contributed by atoms with Crippen molar-refractivity contribution >= 4 is 5.91 Å². The second kappa shape index (κ2) is 4.73. The zero-order valence-corrected chi connectivity index (χ0v) is 10.6. The van der Waals surface area contributed by atoms with Crippen LogP contribution < -0.4 is 11.1 Å². The Bertz CT molecular complexity index is 458. The maximum atomic E-state index is 12.0. The Balaban J connectivity index is 1.53. The van der Waals surface area contributed by atoms with Gasteiger partial charge < -0.3 is 11.1 Å². The van der Waals surface area contributed by atoms with Gasteiger partial charge in [0.2, 0.25) is 5.91 Å². The van der Waals surface area contributed by atoms with Crippen LogP contribution in [0.25, 0.3) is 0 Å². The number of nitrogens with two attached hydrogens (primary N) is 1. The Morgan fingerprint density at radius 2 is 2.17 bits per heavy atom. The molecule has 0 spiro atoms. The SMILES string of the molecule is NC1CCCC1C(=O)NCC1Cc2ccccc21. The molecule has 3 rings (SSSR count). The minimum atomic E-state index is 0.0420. The van der Waals surface area contributed by atoms with Crippen molar-refractivity contribution in [3.05, 3.63) is 35.4 Å². The lowest BCUT2D eigenvalue weighted by Gasteiger charge is -2.30. The summed E-state index contributed by atoms with van der Waals surface area (Å²) in [6.45, 7) is 0.763. The molecule has 1 aromatic rings. The highest BCUT2D eigenvalue weighted by Crippen LogP contribution is 2.34. The van der Waals surface area contributed by atoms with Gasteiger partial charge in [-0.15, -0.1) is 0 Å². The molecule has 3 nitrogen and oxygen atoms in total. The predicted molar refractivity (Wildman–Crippen MR) is 71.2 cm³/mol. The van der Waals surface area contributed by atoms with Crippen molar-refractivity contribution < 1.29 is 4.79 Å². The summed E-state index contributed by atoms with van der Waals surface area (Å²) < 4.78 is 0. The normalized spacial score (nSPS) is 29.5. The fourth-order valence-corrected chi connectivity index (χ4v) is 3.21. The van der Waals surface area contributed by atoms with E-state index in [1.165, 1.54) is 11.1 Å². The molecule has 0 bridgehead atoms. The summed E-state index contributed by atoms with van der Waals surface area (Å²) in [7, 11) is 0. The van der Waals surface area contributed by atoms with Crippen molar-refractivity contribution in [1.29, 1.82) is 0 Å². The number of amides is 1. The van der Waals surface area contributed by atoms with Crippen molar-refractivity contribution in [2.75, 3.05) is 6.54 Å². The number of benzene rings is 1. The van der Waals surface area contributed by atoms with Crippen LogP contribution in [-0.2, 0) is 11.2 Å². The van der Waals surface area contributed by atoms with Crippen LogP contribution in [0.3, 0.4) is 0 Å². The third-order valence-electron chi connectivity index (χ3n) is 4.39. The lowest BCUT2D eigenvalue weighted by molar-refractivity contribution is -0.125. The van der Waals surface area contributed by atoms with Gasteiger partial charge in [-0.1, -0.05) is 30.7 Å². The first-order chi connectivity index (χ1) is 8.75. The molecule has 3 atom stereocenters. The maximum absolute atomic E-state index is 12.0. The van der Waals surface area contributed by atoms with Crippen molar-refractivity contribution in [3.8, 4) is 0 Å². The van der Waals surface area contributed by atoms with Gasteiger partial charge in [0.05, 0.1) is 5.92 Å². The first-order valence-corrected chi connectivity index (χ1v) is 6.87. The van der Waals surface area contributed by atoms with Crippen LogP contribution in [0.15, 0.2) is 24.3 Å². The third-order valence-corrected chi connectivity index (χ3v) is 4.39. The van der Waals surface area contributed by atoms with Crippen LogP contribution in [0, 0.1) is 5.92 Å². The van der Waals surface area contributed by atoms with Gasteiger partial charge in [0.15, 0.2) is 0 Å². The van der Waals surface area contributed by atoms with E-state index in [4.69, 9.17) is 5.73 Å². The average Bonchev–Trinajstić information content (AvgIpc) is 2.76. The molecule has 0 aromatic heterocycles. The molecule has 18 heavy (non-hydrogen) atoms. The Kier molecular flexibility index (Phi) is 3.08. The minimum absolute atomic E-state index is 0.0420. The minimum Gasteiger partial charge on any atom is -0.355 e. The van der Waals surface area contributed by atoms with Crippen LogP contribution in [0.1, 0.15) is 36.3 Å². The summed E-state index contributed by atoms with van der Waals surface area (Å²) >= 11 is 0. The number of rotatable bonds is 3. The van der Waals surface area contributed by atoms with Crippen molar-refractivity contribution in [2.24, 2.45) is 11.7 Å². The molecular formula is C15H20N2O. The van der Waals surface area contributed by atoms with Crippen LogP contribution in [0.2, 0.25) is 0 Å². The molecule has 0 saturated heterocycles.